The van der Waals surface area contributed by atoms with Gasteiger partial charge >= 0.3 is 20.4 Å². The summed E-state index contributed by atoms with van der Waals surface area (Å²) in [4.78, 5) is 0. The fourth-order valence-electron chi connectivity index (χ4n) is 2.46. The molecule has 2 fully saturated rings. The van der Waals surface area contributed by atoms with Gasteiger partial charge in [0.15, 0.2) is 0 Å². The summed E-state index contributed by atoms with van der Waals surface area (Å²) in [6.07, 6.45) is 12.4. The van der Waals surface area contributed by atoms with Crippen molar-refractivity contribution in [2.75, 3.05) is 0 Å². The van der Waals surface area contributed by atoms with Crippen LogP contribution in [0.4, 0.5) is 0 Å². The SMILES string of the molecule is N#CC1CCCCC1.N#CC1CCCCC1.[Cl-].[Cl-].[Pd+2]. The Kier molecular flexibility index (Phi) is 20.8. The molecule has 0 aliphatic heterocycles. The van der Waals surface area contributed by atoms with E-state index in [0.29, 0.717) is 11.8 Å². The molecule has 0 aromatic rings. The van der Waals surface area contributed by atoms with E-state index in [2.05, 4.69) is 12.1 Å². The van der Waals surface area contributed by atoms with Gasteiger partial charge in [0.1, 0.15) is 0 Å². The molecular weight excluding hydrogens is 373 g/mol. The zero-order chi connectivity index (χ0) is 11.6. The number of nitrogens with zero attached hydrogens (tertiary/aromatic N) is 2. The molecule has 0 radical (unpaired) electrons. The molecule has 2 aliphatic carbocycles. The number of halogens is 2. The van der Waals surface area contributed by atoms with Gasteiger partial charge in [0.2, 0.25) is 0 Å². The van der Waals surface area contributed by atoms with E-state index in [1.165, 1.54) is 38.5 Å². The van der Waals surface area contributed by atoms with Crippen molar-refractivity contribution < 1.29 is 45.2 Å². The Hall–Kier alpha value is 0.222. The summed E-state index contributed by atoms with van der Waals surface area (Å²) in [6, 6.07) is 4.61. The molecular formula is C14H22Cl2N2Pd. The molecule has 2 nitrogen and oxygen atoms in total. The van der Waals surface area contributed by atoms with E-state index in [1.54, 1.807) is 0 Å². The fraction of sp³-hybridized carbons (Fsp3) is 0.857. The third-order valence-electron chi connectivity index (χ3n) is 3.58. The maximum absolute atomic E-state index is 8.44. The van der Waals surface area contributed by atoms with Gasteiger partial charge in [-0.05, 0) is 25.7 Å². The molecule has 0 atom stereocenters. The molecule has 19 heavy (non-hydrogen) atoms. The average Bonchev–Trinajstić information content (AvgIpc) is 2.41. The summed E-state index contributed by atoms with van der Waals surface area (Å²) in [6.45, 7) is 0. The van der Waals surface area contributed by atoms with E-state index >= 15 is 0 Å². The predicted molar refractivity (Wildman–Crippen MR) is 64.4 cm³/mol. The van der Waals surface area contributed by atoms with Crippen LogP contribution in [0.5, 0.6) is 0 Å². The first-order valence-electron chi connectivity index (χ1n) is 6.66. The third kappa shape index (κ3) is 11.7. The molecule has 0 aromatic heterocycles. The minimum atomic E-state index is 0. The zero-order valence-corrected chi connectivity index (χ0v) is 14.3. The van der Waals surface area contributed by atoms with Crippen LogP contribution < -0.4 is 24.8 Å². The van der Waals surface area contributed by atoms with Crippen molar-refractivity contribution in [1.82, 2.24) is 0 Å². The molecule has 0 aromatic carbocycles. The third-order valence-corrected chi connectivity index (χ3v) is 3.58. The normalized spacial score (nSPS) is 18.8. The minimum Gasteiger partial charge on any atom is -1.00 e. The minimum absolute atomic E-state index is 0. The van der Waals surface area contributed by atoms with Crippen LogP contribution in [0.15, 0.2) is 0 Å². The van der Waals surface area contributed by atoms with Gasteiger partial charge in [-0.15, -0.1) is 0 Å². The van der Waals surface area contributed by atoms with Gasteiger partial charge in [-0.1, -0.05) is 38.5 Å². The van der Waals surface area contributed by atoms with Gasteiger partial charge in [0, 0.05) is 11.8 Å². The van der Waals surface area contributed by atoms with Crippen molar-refractivity contribution in [3.05, 3.63) is 0 Å². The van der Waals surface area contributed by atoms with Crippen LogP contribution in [0.1, 0.15) is 64.2 Å². The summed E-state index contributed by atoms with van der Waals surface area (Å²) in [5.74, 6) is 0.785. The molecule has 0 bridgehead atoms. The zero-order valence-electron chi connectivity index (χ0n) is 11.2. The number of rotatable bonds is 0. The Balaban J connectivity index is -0.000000233. The van der Waals surface area contributed by atoms with Gasteiger partial charge in [-0.25, -0.2) is 0 Å². The Morgan fingerprint density at radius 2 is 0.842 bits per heavy atom. The van der Waals surface area contributed by atoms with Crippen molar-refractivity contribution in [3.63, 3.8) is 0 Å². The molecule has 0 N–H and O–H groups in total. The summed E-state index contributed by atoms with van der Waals surface area (Å²) >= 11 is 0. The first kappa shape index (κ1) is 24.3. The van der Waals surface area contributed by atoms with Crippen molar-refractivity contribution in [3.8, 4) is 12.1 Å². The van der Waals surface area contributed by atoms with Crippen LogP contribution in [0.3, 0.4) is 0 Å². The van der Waals surface area contributed by atoms with Crippen LogP contribution in [0, 0.1) is 34.5 Å². The van der Waals surface area contributed by atoms with Crippen LogP contribution >= 0.6 is 0 Å². The largest absolute Gasteiger partial charge is 2.00 e. The Morgan fingerprint density at radius 1 is 0.579 bits per heavy atom. The number of hydrogen-bond acceptors (Lipinski definition) is 2. The second-order valence-corrected chi connectivity index (χ2v) is 4.93. The molecule has 0 amide bonds. The molecule has 112 valence electrons. The monoisotopic (exact) mass is 394 g/mol. The van der Waals surface area contributed by atoms with Crippen LogP contribution in [-0.4, -0.2) is 0 Å². The van der Waals surface area contributed by atoms with Crippen molar-refractivity contribution >= 4 is 0 Å². The molecule has 5 heteroatoms. The maximum Gasteiger partial charge on any atom is 2.00 e. The Bertz CT molecular complexity index is 234. The van der Waals surface area contributed by atoms with E-state index in [1.807, 2.05) is 0 Å². The maximum atomic E-state index is 8.44. The van der Waals surface area contributed by atoms with Gasteiger partial charge in [0.25, 0.3) is 0 Å². The van der Waals surface area contributed by atoms with Gasteiger partial charge < -0.3 is 24.8 Å². The number of hydrogen-bond donors (Lipinski definition) is 0. The standard InChI is InChI=1S/2C7H11N.2ClH.Pd/c2*8-6-7-4-2-1-3-5-7;;;/h2*7H,1-5H2;2*1H;/q;;;;+2/p-2. The molecule has 0 saturated heterocycles. The molecule has 2 saturated carbocycles. The second-order valence-electron chi connectivity index (χ2n) is 4.93. The summed E-state index contributed by atoms with van der Waals surface area (Å²) in [7, 11) is 0. The van der Waals surface area contributed by atoms with Crippen molar-refractivity contribution in [2.45, 2.75) is 64.2 Å². The van der Waals surface area contributed by atoms with E-state index < -0.39 is 0 Å². The van der Waals surface area contributed by atoms with Crippen LogP contribution in [0.2, 0.25) is 0 Å². The first-order valence-corrected chi connectivity index (χ1v) is 6.66. The molecule has 0 heterocycles. The van der Waals surface area contributed by atoms with E-state index in [0.717, 1.165) is 25.7 Å². The van der Waals surface area contributed by atoms with Gasteiger partial charge in [-0.2, -0.15) is 10.5 Å². The van der Waals surface area contributed by atoms with Crippen molar-refractivity contribution in [2.24, 2.45) is 11.8 Å². The average molecular weight is 396 g/mol. The smallest absolute Gasteiger partial charge is 1.00 e. The van der Waals surface area contributed by atoms with Crippen molar-refractivity contribution in [1.29, 1.82) is 10.5 Å². The quantitative estimate of drug-likeness (QED) is 0.454. The Morgan fingerprint density at radius 3 is 1.00 bits per heavy atom. The van der Waals surface area contributed by atoms with E-state index in [9.17, 15) is 0 Å². The second kappa shape index (κ2) is 16.3. The summed E-state index contributed by atoms with van der Waals surface area (Å²) in [5, 5.41) is 16.9. The summed E-state index contributed by atoms with van der Waals surface area (Å²) in [5.41, 5.74) is 0. The fourth-order valence-corrected chi connectivity index (χ4v) is 2.46. The van der Waals surface area contributed by atoms with Gasteiger partial charge in [-0.3, -0.25) is 0 Å². The topological polar surface area (TPSA) is 47.6 Å². The molecule has 0 spiro atoms. The van der Waals surface area contributed by atoms with E-state index in [4.69, 9.17) is 10.5 Å². The van der Waals surface area contributed by atoms with Crippen LogP contribution in [0.25, 0.3) is 0 Å². The van der Waals surface area contributed by atoms with Crippen LogP contribution in [-0.2, 0) is 20.4 Å². The van der Waals surface area contributed by atoms with E-state index in [-0.39, 0.29) is 45.2 Å². The number of nitriles is 2. The summed E-state index contributed by atoms with van der Waals surface area (Å²) < 4.78 is 0. The molecule has 2 aliphatic rings. The predicted octanol–water partition coefficient (Wildman–Crippen LogP) is -1.81. The molecule has 2 rings (SSSR count). The molecule has 0 unspecified atom stereocenters. The van der Waals surface area contributed by atoms with Gasteiger partial charge in [0.05, 0.1) is 12.1 Å². The Labute approximate surface area is 143 Å². The first-order chi connectivity index (χ1) is 7.86.